The number of rotatable bonds is 9. The van der Waals surface area contributed by atoms with E-state index in [0.29, 0.717) is 41.5 Å². The Labute approximate surface area is 209 Å². The molecule has 0 radical (unpaired) electrons. The summed E-state index contributed by atoms with van der Waals surface area (Å²) in [6.45, 7) is -0.0617. The monoisotopic (exact) mass is 510 g/mol. The molecular weight excluding hydrogens is 490 g/mol. The highest BCUT2D eigenvalue weighted by Gasteiger charge is 2.36. The van der Waals surface area contributed by atoms with E-state index in [4.69, 9.17) is 9.47 Å². The number of imide groups is 1. The average Bonchev–Trinajstić information content (AvgIpc) is 3.12. The molecule has 1 aliphatic rings. The first-order chi connectivity index (χ1) is 17.4. The molecule has 10 heteroatoms. The van der Waals surface area contributed by atoms with E-state index in [1.165, 1.54) is 6.08 Å². The summed E-state index contributed by atoms with van der Waals surface area (Å²) in [6.07, 6.45) is 1.51. The lowest BCUT2D eigenvalue weighted by molar-refractivity contribution is -0.127. The number of halogens is 2. The maximum Gasteiger partial charge on any atom is 0.294 e. The molecule has 0 aliphatic carbocycles. The Morgan fingerprint density at radius 1 is 0.944 bits per heavy atom. The Kier molecular flexibility index (Phi) is 7.96. The van der Waals surface area contributed by atoms with E-state index in [2.05, 4.69) is 5.32 Å². The van der Waals surface area contributed by atoms with Crippen LogP contribution >= 0.6 is 11.8 Å². The Balaban J connectivity index is 1.38. The van der Waals surface area contributed by atoms with Gasteiger partial charge in [-0.3, -0.25) is 19.3 Å². The number of nitrogens with one attached hydrogen (secondary N) is 1. The molecule has 0 aromatic heterocycles. The molecular formula is C26H20F2N2O5S. The maximum absolute atomic E-state index is 13.8. The summed E-state index contributed by atoms with van der Waals surface area (Å²) in [5.41, 5.74) is 0.312. The van der Waals surface area contributed by atoms with Crippen LogP contribution in [0.5, 0.6) is 11.5 Å². The molecule has 0 unspecified atom stereocenters. The third kappa shape index (κ3) is 6.28. The van der Waals surface area contributed by atoms with Gasteiger partial charge in [0.25, 0.3) is 11.1 Å². The van der Waals surface area contributed by atoms with Crippen molar-refractivity contribution in [3.63, 3.8) is 0 Å². The second kappa shape index (κ2) is 11.5. The van der Waals surface area contributed by atoms with E-state index in [0.717, 1.165) is 17.0 Å². The van der Waals surface area contributed by atoms with Gasteiger partial charge in [-0.05, 0) is 48.2 Å². The van der Waals surface area contributed by atoms with E-state index in [9.17, 15) is 23.2 Å². The van der Waals surface area contributed by atoms with Gasteiger partial charge in [0.05, 0.1) is 10.6 Å². The van der Waals surface area contributed by atoms with Crippen molar-refractivity contribution in [1.29, 1.82) is 0 Å². The predicted octanol–water partition coefficient (Wildman–Crippen LogP) is 5.10. The zero-order chi connectivity index (χ0) is 25.5. The van der Waals surface area contributed by atoms with Crippen molar-refractivity contribution < 1.29 is 32.6 Å². The Morgan fingerprint density at radius 2 is 1.67 bits per heavy atom. The summed E-state index contributed by atoms with van der Waals surface area (Å²) in [6, 6.07) is 18.9. The zero-order valence-electron chi connectivity index (χ0n) is 18.8. The van der Waals surface area contributed by atoms with Gasteiger partial charge in [-0.15, -0.1) is 0 Å². The molecule has 184 valence electrons. The van der Waals surface area contributed by atoms with Crippen molar-refractivity contribution in [3.05, 3.63) is 94.9 Å². The quantitative estimate of drug-likeness (QED) is 0.319. The summed E-state index contributed by atoms with van der Waals surface area (Å²) in [4.78, 5) is 38.3. The van der Waals surface area contributed by atoms with Crippen LogP contribution in [-0.2, 0) is 9.59 Å². The molecule has 3 aromatic carbocycles. The number of anilines is 1. The number of carbonyl (C=O) groups is 3. The second-order valence-corrected chi connectivity index (χ2v) is 8.48. The first-order valence-electron chi connectivity index (χ1n) is 10.8. The average molecular weight is 511 g/mol. The van der Waals surface area contributed by atoms with Crippen molar-refractivity contribution in [1.82, 2.24) is 4.90 Å². The summed E-state index contributed by atoms with van der Waals surface area (Å²) in [5.74, 6) is -2.02. The van der Waals surface area contributed by atoms with Crippen LogP contribution in [0.3, 0.4) is 0 Å². The smallest absolute Gasteiger partial charge is 0.294 e. The van der Waals surface area contributed by atoms with Crippen molar-refractivity contribution in [2.45, 2.75) is 0 Å². The number of amides is 3. The number of nitrogens with zero attached hydrogens (tertiary/aromatic N) is 1. The fraction of sp³-hybridized carbons (Fsp3) is 0.115. The number of thioether (sulfide) groups is 1. The number of hydrogen-bond acceptors (Lipinski definition) is 6. The van der Waals surface area contributed by atoms with Crippen LogP contribution < -0.4 is 14.8 Å². The highest BCUT2D eigenvalue weighted by Crippen LogP contribution is 2.34. The number of hydrogen-bond donors (Lipinski definition) is 1. The summed E-state index contributed by atoms with van der Waals surface area (Å²) in [5, 5.41) is 1.59. The fourth-order valence-electron chi connectivity index (χ4n) is 3.26. The van der Waals surface area contributed by atoms with Gasteiger partial charge in [0.15, 0.2) is 0 Å². The van der Waals surface area contributed by atoms with Gasteiger partial charge in [-0.1, -0.05) is 36.4 Å². The SMILES string of the molecule is O=C(CN1C(=O)S/C(=C/c2ccccc2OCCOc2ccccc2)C1=O)Nc1ccc(F)cc1F. The van der Waals surface area contributed by atoms with Crippen LogP contribution in [0, 0.1) is 11.6 Å². The van der Waals surface area contributed by atoms with Crippen molar-refractivity contribution >= 4 is 40.6 Å². The molecule has 1 N–H and O–H groups in total. The molecule has 36 heavy (non-hydrogen) atoms. The first kappa shape index (κ1) is 24.9. The fourth-order valence-corrected chi connectivity index (χ4v) is 4.09. The lowest BCUT2D eigenvalue weighted by atomic mass is 10.2. The highest BCUT2D eigenvalue weighted by atomic mass is 32.2. The standard InChI is InChI=1S/C26H20F2N2O5S/c27-18-10-11-21(20(28)15-18)29-24(31)16-30-25(32)23(36-26(30)33)14-17-6-4-5-9-22(17)35-13-12-34-19-7-2-1-3-8-19/h1-11,14-15H,12-13,16H2,(H,29,31)/b23-14+. The third-order valence-electron chi connectivity index (χ3n) is 4.94. The van der Waals surface area contributed by atoms with E-state index in [-0.39, 0.29) is 17.2 Å². The number of carbonyl (C=O) groups excluding carboxylic acids is 3. The van der Waals surface area contributed by atoms with Crippen molar-refractivity contribution in [3.8, 4) is 11.5 Å². The van der Waals surface area contributed by atoms with Gasteiger partial charge in [-0.25, -0.2) is 8.78 Å². The van der Waals surface area contributed by atoms with Crippen molar-refractivity contribution in [2.75, 3.05) is 25.1 Å². The van der Waals surface area contributed by atoms with Crippen LogP contribution in [-0.4, -0.2) is 41.7 Å². The minimum atomic E-state index is -0.969. The molecule has 4 rings (SSSR count). The Morgan fingerprint density at radius 3 is 2.44 bits per heavy atom. The number of benzene rings is 3. The predicted molar refractivity (Wildman–Crippen MR) is 132 cm³/mol. The lowest BCUT2D eigenvalue weighted by Gasteiger charge is -2.13. The molecule has 0 atom stereocenters. The van der Waals surface area contributed by atoms with Crippen LogP contribution in [0.4, 0.5) is 19.3 Å². The van der Waals surface area contributed by atoms with Crippen molar-refractivity contribution in [2.24, 2.45) is 0 Å². The summed E-state index contributed by atoms with van der Waals surface area (Å²) >= 11 is 0.679. The lowest BCUT2D eigenvalue weighted by Crippen LogP contribution is -2.36. The Bertz CT molecular complexity index is 1320. The molecule has 1 aliphatic heterocycles. The molecule has 7 nitrogen and oxygen atoms in total. The molecule has 1 heterocycles. The molecule has 1 saturated heterocycles. The minimum absolute atomic E-state index is 0.109. The molecule has 0 saturated carbocycles. The van der Waals surface area contributed by atoms with Crippen LogP contribution in [0.1, 0.15) is 5.56 Å². The third-order valence-corrected chi connectivity index (χ3v) is 5.85. The van der Waals surface area contributed by atoms with Gasteiger partial charge < -0.3 is 14.8 Å². The van der Waals surface area contributed by atoms with Gasteiger partial charge in [0.2, 0.25) is 5.91 Å². The molecule has 3 aromatic rings. The summed E-state index contributed by atoms with van der Waals surface area (Å²) in [7, 11) is 0. The van der Waals surface area contributed by atoms with Crippen LogP contribution in [0.15, 0.2) is 77.7 Å². The Hall–Kier alpha value is -4.18. The molecule has 0 bridgehead atoms. The van der Waals surface area contributed by atoms with Gasteiger partial charge in [0.1, 0.15) is 42.9 Å². The number of ether oxygens (including phenoxy) is 2. The van der Waals surface area contributed by atoms with Crippen LogP contribution in [0.2, 0.25) is 0 Å². The van der Waals surface area contributed by atoms with E-state index < -0.39 is 35.2 Å². The topological polar surface area (TPSA) is 84.9 Å². The highest BCUT2D eigenvalue weighted by molar-refractivity contribution is 8.18. The first-order valence-corrected chi connectivity index (χ1v) is 11.6. The van der Waals surface area contributed by atoms with Gasteiger partial charge >= 0.3 is 0 Å². The van der Waals surface area contributed by atoms with E-state index in [1.54, 1.807) is 24.3 Å². The molecule has 0 spiro atoms. The zero-order valence-corrected chi connectivity index (χ0v) is 19.6. The molecule has 1 fully saturated rings. The largest absolute Gasteiger partial charge is 0.490 e. The second-order valence-electron chi connectivity index (χ2n) is 7.49. The molecule has 3 amide bonds. The normalized spacial score (nSPS) is 14.3. The number of para-hydroxylation sites is 2. The van der Waals surface area contributed by atoms with E-state index in [1.807, 2.05) is 30.3 Å². The minimum Gasteiger partial charge on any atom is -0.490 e. The van der Waals surface area contributed by atoms with Crippen LogP contribution in [0.25, 0.3) is 6.08 Å². The van der Waals surface area contributed by atoms with E-state index >= 15 is 0 Å². The van der Waals surface area contributed by atoms with Gasteiger partial charge in [-0.2, -0.15) is 0 Å². The maximum atomic E-state index is 13.8. The van der Waals surface area contributed by atoms with Gasteiger partial charge in [0, 0.05) is 11.6 Å². The summed E-state index contributed by atoms with van der Waals surface area (Å²) < 4.78 is 38.2.